The summed E-state index contributed by atoms with van der Waals surface area (Å²) in [6, 6.07) is 3.48. The summed E-state index contributed by atoms with van der Waals surface area (Å²) in [6.45, 7) is 12.3. The van der Waals surface area contributed by atoms with Crippen molar-refractivity contribution >= 4 is 23.2 Å². The van der Waals surface area contributed by atoms with Gasteiger partial charge in [0.1, 0.15) is 11.8 Å². The lowest BCUT2D eigenvalue weighted by atomic mass is 10.1. The molecule has 0 bridgehead atoms. The Balaban J connectivity index is 0.00000176. The van der Waals surface area contributed by atoms with Crippen LogP contribution in [0.2, 0.25) is 10.2 Å². The summed E-state index contributed by atoms with van der Waals surface area (Å²) in [5, 5.41) is 4.38. The molecule has 0 aliphatic rings. The van der Waals surface area contributed by atoms with Crippen molar-refractivity contribution in [3.8, 4) is 11.6 Å². The number of ether oxygens (including phenoxy) is 2. The van der Waals surface area contributed by atoms with Crippen LogP contribution < -0.4 is 15.0 Å². The molecule has 0 N–H and O–H groups in total. The molecule has 6 nitrogen and oxygen atoms in total. The highest BCUT2D eigenvalue weighted by Gasteiger charge is 2.20. The zero-order valence-corrected chi connectivity index (χ0v) is 18.2. The molecule has 0 aromatic carbocycles. The van der Waals surface area contributed by atoms with E-state index in [-0.39, 0.29) is 22.5 Å². The summed E-state index contributed by atoms with van der Waals surface area (Å²) < 4.78 is 12.3. The molecule has 0 spiro atoms. The van der Waals surface area contributed by atoms with E-state index in [4.69, 9.17) is 32.7 Å². The lowest BCUT2D eigenvalue weighted by Gasteiger charge is -2.21. The van der Waals surface area contributed by atoms with Crippen molar-refractivity contribution in [2.75, 3.05) is 6.61 Å². The number of nitrogens with zero attached hydrogens (tertiary/aromatic N) is 3. The Labute approximate surface area is 170 Å². The van der Waals surface area contributed by atoms with Gasteiger partial charge < -0.3 is 9.47 Å². The van der Waals surface area contributed by atoms with E-state index in [1.54, 1.807) is 12.1 Å². The van der Waals surface area contributed by atoms with Crippen LogP contribution in [0.5, 0.6) is 11.6 Å². The maximum absolute atomic E-state index is 12.3. The van der Waals surface area contributed by atoms with Crippen molar-refractivity contribution in [3.63, 3.8) is 0 Å². The molecule has 2 heterocycles. The van der Waals surface area contributed by atoms with Crippen LogP contribution in [-0.4, -0.2) is 21.4 Å². The Morgan fingerprint density at radius 3 is 2.37 bits per heavy atom. The average Bonchev–Trinajstić information content (AvgIpc) is 2.63. The number of aromatic nitrogens is 3. The van der Waals surface area contributed by atoms with E-state index in [2.05, 4.69) is 10.1 Å². The van der Waals surface area contributed by atoms with Gasteiger partial charge in [0.25, 0.3) is 5.56 Å². The Bertz CT molecular complexity index is 802. The topological polar surface area (TPSA) is 66.2 Å². The van der Waals surface area contributed by atoms with E-state index in [1.165, 1.54) is 10.9 Å². The fourth-order valence-electron chi connectivity index (χ4n) is 1.99. The molecule has 0 fully saturated rings. The number of halogens is 2. The lowest BCUT2D eigenvalue weighted by molar-refractivity contribution is 0.289. The molecule has 0 unspecified atom stereocenters. The van der Waals surface area contributed by atoms with E-state index in [0.717, 1.165) is 6.42 Å². The highest BCUT2D eigenvalue weighted by molar-refractivity contribution is 6.31. The smallest absolute Gasteiger partial charge is 0.289 e. The summed E-state index contributed by atoms with van der Waals surface area (Å²) >= 11 is 12.3. The standard InChI is InChI=1S/C17H21Cl2N3O3.C2H6/c1-5-8-24-13-7-6-11(15(19)21-13)10-25-12-9-20-22(17(2,3)4)16(23)14(12)18;1-2/h6-7,9H,5,8,10H2,1-4H3;1-2H3. The number of hydrogen-bond donors (Lipinski definition) is 0. The molecule has 8 heteroatoms. The summed E-state index contributed by atoms with van der Waals surface area (Å²) in [4.78, 5) is 16.5. The molecule has 0 radical (unpaired) electrons. The summed E-state index contributed by atoms with van der Waals surface area (Å²) in [7, 11) is 0. The first-order chi connectivity index (χ1) is 12.7. The third kappa shape index (κ3) is 6.40. The monoisotopic (exact) mass is 415 g/mol. The number of rotatable bonds is 6. The van der Waals surface area contributed by atoms with Gasteiger partial charge in [0.15, 0.2) is 10.8 Å². The largest absolute Gasteiger partial charge is 0.485 e. The molecule has 2 rings (SSSR count). The van der Waals surface area contributed by atoms with Crippen molar-refractivity contribution < 1.29 is 9.47 Å². The van der Waals surface area contributed by atoms with Crippen molar-refractivity contribution in [2.45, 2.75) is 60.1 Å². The second-order valence-electron chi connectivity index (χ2n) is 6.45. The van der Waals surface area contributed by atoms with Gasteiger partial charge in [-0.3, -0.25) is 4.79 Å². The molecule has 0 atom stereocenters. The van der Waals surface area contributed by atoms with Gasteiger partial charge in [-0.1, -0.05) is 44.0 Å². The summed E-state index contributed by atoms with van der Waals surface area (Å²) in [5.74, 6) is 0.664. The van der Waals surface area contributed by atoms with Crippen LogP contribution in [0, 0.1) is 0 Å². The van der Waals surface area contributed by atoms with Gasteiger partial charge in [-0.05, 0) is 33.3 Å². The molecule has 2 aromatic rings. The Morgan fingerprint density at radius 1 is 1.15 bits per heavy atom. The predicted octanol–water partition coefficient (Wildman–Crippen LogP) is 5.09. The fraction of sp³-hybridized carbons (Fsp3) is 0.526. The van der Waals surface area contributed by atoms with Crippen LogP contribution in [0.15, 0.2) is 23.1 Å². The fourth-order valence-corrected chi connectivity index (χ4v) is 2.38. The normalized spacial score (nSPS) is 10.8. The van der Waals surface area contributed by atoms with Crippen LogP contribution in [0.4, 0.5) is 0 Å². The minimum absolute atomic E-state index is 0.0168. The highest BCUT2D eigenvalue weighted by atomic mass is 35.5. The van der Waals surface area contributed by atoms with E-state index in [0.29, 0.717) is 18.1 Å². The lowest BCUT2D eigenvalue weighted by Crippen LogP contribution is -2.36. The minimum atomic E-state index is -0.471. The molecular weight excluding hydrogens is 389 g/mol. The average molecular weight is 416 g/mol. The van der Waals surface area contributed by atoms with Gasteiger partial charge in [0.2, 0.25) is 5.88 Å². The van der Waals surface area contributed by atoms with Crippen LogP contribution in [0.25, 0.3) is 0 Å². The van der Waals surface area contributed by atoms with Gasteiger partial charge in [-0.15, -0.1) is 0 Å². The van der Waals surface area contributed by atoms with Crippen LogP contribution in [0.3, 0.4) is 0 Å². The second kappa shape index (κ2) is 10.5. The van der Waals surface area contributed by atoms with E-state index in [9.17, 15) is 4.79 Å². The van der Waals surface area contributed by atoms with Gasteiger partial charge in [-0.2, -0.15) is 5.10 Å². The molecule has 27 heavy (non-hydrogen) atoms. The van der Waals surface area contributed by atoms with Crippen molar-refractivity contribution in [2.24, 2.45) is 0 Å². The summed E-state index contributed by atoms with van der Waals surface area (Å²) in [6.07, 6.45) is 2.31. The first kappa shape index (κ1) is 23.2. The van der Waals surface area contributed by atoms with Crippen molar-refractivity contribution in [1.82, 2.24) is 14.8 Å². The van der Waals surface area contributed by atoms with Crippen LogP contribution in [-0.2, 0) is 12.1 Å². The third-order valence-corrected chi connectivity index (χ3v) is 3.94. The highest BCUT2D eigenvalue weighted by Crippen LogP contribution is 2.24. The Kier molecular flexibility index (Phi) is 9.06. The van der Waals surface area contributed by atoms with Crippen LogP contribution >= 0.6 is 23.2 Å². The molecule has 2 aromatic heterocycles. The molecule has 0 aliphatic carbocycles. The van der Waals surface area contributed by atoms with E-state index in [1.807, 2.05) is 41.5 Å². The van der Waals surface area contributed by atoms with Crippen molar-refractivity contribution in [1.29, 1.82) is 0 Å². The van der Waals surface area contributed by atoms with E-state index >= 15 is 0 Å². The third-order valence-electron chi connectivity index (χ3n) is 3.26. The van der Waals surface area contributed by atoms with Gasteiger partial charge >= 0.3 is 0 Å². The molecule has 0 aliphatic heterocycles. The van der Waals surface area contributed by atoms with Gasteiger partial charge in [0.05, 0.1) is 18.3 Å². The first-order valence-corrected chi connectivity index (χ1v) is 9.69. The molecular formula is C19H27Cl2N3O3. The Hall–Kier alpha value is -1.79. The number of hydrogen-bond acceptors (Lipinski definition) is 5. The SMILES string of the molecule is CC.CCCOc1ccc(COc2cnn(C(C)(C)C)c(=O)c2Cl)c(Cl)n1. The molecule has 150 valence electrons. The molecule has 0 saturated carbocycles. The molecule has 0 saturated heterocycles. The van der Waals surface area contributed by atoms with Crippen molar-refractivity contribution in [3.05, 3.63) is 44.4 Å². The first-order valence-electron chi connectivity index (χ1n) is 8.93. The van der Waals surface area contributed by atoms with Gasteiger partial charge in [0, 0.05) is 11.6 Å². The van der Waals surface area contributed by atoms with Gasteiger partial charge in [-0.25, -0.2) is 9.67 Å². The van der Waals surface area contributed by atoms with E-state index < -0.39 is 11.1 Å². The minimum Gasteiger partial charge on any atom is -0.485 e. The zero-order chi connectivity index (χ0) is 20.6. The predicted molar refractivity (Wildman–Crippen MR) is 109 cm³/mol. The quantitative estimate of drug-likeness (QED) is 0.614. The van der Waals surface area contributed by atoms with Crippen LogP contribution in [0.1, 0.15) is 53.5 Å². The second-order valence-corrected chi connectivity index (χ2v) is 7.18. The maximum atomic E-state index is 12.3. The summed E-state index contributed by atoms with van der Waals surface area (Å²) in [5.41, 5.74) is -0.221. The zero-order valence-electron chi connectivity index (χ0n) is 16.7. The number of pyridine rings is 1. The maximum Gasteiger partial charge on any atom is 0.289 e. The molecule has 0 amide bonds. The Morgan fingerprint density at radius 2 is 1.81 bits per heavy atom.